The molecule has 0 aliphatic rings. The van der Waals surface area contributed by atoms with Crippen LogP contribution in [0.4, 0.5) is 0 Å². The van der Waals surface area contributed by atoms with E-state index >= 15 is 0 Å². The zero-order valence-electron chi connectivity index (χ0n) is 11.0. The summed E-state index contributed by atoms with van der Waals surface area (Å²) in [5, 5.41) is 2.66. The number of carbonyl (C=O) groups excluding carboxylic acids is 1. The molecule has 1 aromatic heterocycles. The second-order valence-corrected chi connectivity index (χ2v) is 5.87. The Balaban J connectivity index is 2.06. The Morgan fingerprint density at radius 3 is 2.68 bits per heavy atom. The predicted molar refractivity (Wildman–Crippen MR) is 81.1 cm³/mol. The number of carbonyl (C=O) groups is 1. The second-order valence-electron chi connectivity index (χ2n) is 4.51. The minimum Gasteiger partial charge on any atom is -0.292 e. The van der Waals surface area contributed by atoms with Gasteiger partial charge in [0.15, 0.2) is 5.78 Å². The molecule has 0 amide bonds. The summed E-state index contributed by atoms with van der Waals surface area (Å²) in [6, 6.07) is 11.6. The van der Waals surface area contributed by atoms with Crippen LogP contribution < -0.4 is 0 Å². The zero-order valence-corrected chi connectivity index (χ0v) is 12.5. The van der Waals surface area contributed by atoms with E-state index in [-0.39, 0.29) is 11.8 Å². The first-order chi connectivity index (χ1) is 9.09. The van der Waals surface area contributed by atoms with Crippen LogP contribution in [0.15, 0.2) is 41.8 Å². The highest BCUT2D eigenvalue weighted by atomic mass is 35.5. The Bertz CT molecular complexity index is 553. The van der Waals surface area contributed by atoms with Crippen LogP contribution >= 0.6 is 22.9 Å². The highest BCUT2D eigenvalue weighted by Crippen LogP contribution is 2.26. The third-order valence-corrected chi connectivity index (χ3v) is 4.46. The van der Waals surface area contributed by atoms with Gasteiger partial charge in [-0.2, -0.15) is 0 Å². The van der Waals surface area contributed by atoms with Gasteiger partial charge in [-0.1, -0.05) is 35.9 Å². The lowest BCUT2D eigenvalue weighted by Gasteiger charge is -2.24. The molecule has 0 radical (unpaired) electrons. The standard InChI is InChI=1S/C15H16ClNOS/c1-11(12-6-3-4-7-13(12)16)17(2)10-14(18)15-8-5-9-19-15/h3-9,11H,10H2,1-2H3. The van der Waals surface area contributed by atoms with Crippen LogP contribution in [0.1, 0.15) is 28.2 Å². The fourth-order valence-electron chi connectivity index (χ4n) is 1.93. The highest BCUT2D eigenvalue weighted by molar-refractivity contribution is 7.12. The van der Waals surface area contributed by atoms with Crippen molar-refractivity contribution >= 4 is 28.7 Å². The minimum absolute atomic E-state index is 0.109. The number of nitrogens with zero attached hydrogens (tertiary/aromatic N) is 1. The van der Waals surface area contributed by atoms with Crippen LogP contribution in [-0.4, -0.2) is 24.3 Å². The van der Waals surface area contributed by atoms with E-state index in [9.17, 15) is 4.79 Å². The number of rotatable bonds is 5. The Morgan fingerprint density at radius 1 is 1.32 bits per heavy atom. The molecule has 100 valence electrons. The van der Waals surface area contributed by atoms with Crippen molar-refractivity contribution in [2.45, 2.75) is 13.0 Å². The molecular weight excluding hydrogens is 278 g/mol. The summed E-state index contributed by atoms with van der Waals surface area (Å²) in [5.74, 6) is 0.149. The predicted octanol–water partition coefficient (Wildman–Crippen LogP) is 4.28. The Labute approximate surface area is 122 Å². The SMILES string of the molecule is CC(c1ccccc1Cl)N(C)CC(=O)c1cccs1. The first kappa shape index (κ1) is 14.3. The number of hydrogen-bond acceptors (Lipinski definition) is 3. The van der Waals surface area contributed by atoms with Gasteiger partial charge in [0.25, 0.3) is 0 Å². The second kappa shape index (κ2) is 6.33. The molecule has 2 rings (SSSR count). The first-order valence-corrected chi connectivity index (χ1v) is 7.36. The average molecular weight is 294 g/mol. The molecule has 0 saturated heterocycles. The van der Waals surface area contributed by atoms with Crippen molar-refractivity contribution < 1.29 is 4.79 Å². The van der Waals surface area contributed by atoms with E-state index in [2.05, 4.69) is 6.92 Å². The van der Waals surface area contributed by atoms with Crippen molar-refractivity contribution in [1.29, 1.82) is 0 Å². The molecule has 0 aliphatic carbocycles. The van der Waals surface area contributed by atoms with Crippen molar-refractivity contribution in [2.75, 3.05) is 13.6 Å². The monoisotopic (exact) mass is 293 g/mol. The summed E-state index contributed by atoms with van der Waals surface area (Å²) >= 11 is 7.67. The molecule has 1 heterocycles. The molecule has 4 heteroatoms. The van der Waals surface area contributed by atoms with Crippen LogP contribution in [0.2, 0.25) is 5.02 Å². The lowest BCUT2D eigenvalue weighted by Crippen LogP contribution is -2.28. The molecule has 2 aromatic rings. The van der Waals surface area contributed by atoms with Gasteiger partial charge in [-0.25, -0.2) is 0 Å². The molecule has 0 spiro atoms. The molecule has 0 aliphatic heterocycles. The van der Waals surface area contributed by atoms with E-state index in [1.807, 2.05) is 53.7 Å². The number of likely N-dealkylation sites (N-methyl/N-ethyl adjacent to an activating group) is 1. The molecule has 0 N–H and O–H groups in total. The van der Waals surface area contributed by atoms with E-state index in [4.69, 9.17) is 11.6 Å². The molecule has 2 nitrogen and oxygen atoms in total. The summed E-state index contributed by atoms with van der Waals surface area (Å²) in [6.45, 7) is 2.45. The maximum Gasteiger partial charge on any atom is 0.186 e. The van der Waals surface area contributed by atoms with Gasteiger partial charge in [0.05, 0.1) is 11.4 Å². The fraction of sp³-hybridized carbons (Fsp3) is 0.267. The fourth-order valence-corrected chi connectivity index (χ4v) is 2.88. The van der Waals surface area contributed by atoms with Crippen molar-refractivity contribution in [3.05, 3.63) is 57.2 Å². The summed E-state index contributed by atoms with van der Waals surface area (Å²) in [5.41, 5.74) is 1.05. The van der Waals surface area contributed by atoms with Crippen molar-refractivity contribution in [2.24, 2.45) is 0 Å². The molecule has 0 saturated carbocycles. The first-order valence-electron chi connectivity index (χ1n) is 6.11. The highest BCUT2D eigenvalue weighted by Gasteiger charge is 2.18. The maximum absolute atomic E-state index is 12.1. The molecule has 1 atom stereocenters. The number of halogens is 1. The number of ketones is 1. The van der Waals surface area contributed by atoms with Gasteiger partial charge < -0.3 is 0 Å². The number of thiophene rings is 1. The molecule has 0 fully saturated rings. The topological polar surface area (TPSA) is 20.3 Å². The summed E-state index contributed by atoms with van der Waals surface area (Å²) in [7, 11) is 1.94. The minimum atomic E-state index is 0.109. The molecule has 19 heavy (non-hydrogen) atoms. The molecule has 0 bridgehead atoms. The van der Waals surface area contributed by atoms with Crippen LogP contribution in [-0.2, 0) is 0 Å². The van der Waals surface area contributed by atoms with Gasteiger partial charge in [0.2, 0.25) is 0 Å². The van der Waals surface area contributed by atoms with E-state index in [0.717, 1.165) is 15.5 Å². The molecule has 1 unspecified atom stereocenters. The largest absolute Gasteiger partial charge is 0.292 e. The van der Waals surface area contributed by atoms with E-state index in [0.29, 0.717) is 6.54 Å². The van der Waals surface area contributed by atoms with Crippen LogP contribution in [0.5, 0.6) is 0 Å². The Kier molecular flexibility index (Phi) is 4.75. The van der Waals surface area contributed by atoms with E-state index in [1.165, 1.54) is 11.3 Å². The van der Waals surface area contributed by atoms with Crippen LogP contribution in [0.25, 0.3) is 0 Å². The average Bonchev–Trinajstić information content (AvgIpc) is 2.92. The van der Waals surface area contributed by atoms with Gasteiger partial charge in [-0.05, 0) is 37.0 Å². The lowest BCUT2D eigenvalue weighted by molar-refractivity contribution is 0.0929. The number of benzene rings is 1. The van der Waals surface area contributed by atoms with Crippen LogP contribution in [0, 0.1) is 0 Å². The summed E-state index contributed by atoms with van der Waals surface area (Å²) in [6.07, 6.45) is 0. The Hall–Kier alpha value is -1.16. The number of hydrogen-bond donors (Lipinski definition) is 0. The van der Waals surface area contributed by atoms with Crippen molar-refractivity contribution in [3.8, 4) is 0 Å². The Morgan fingerprint density at radius 2 is 2.05 bits per heavy atom. The maximum atomic E-state index is 12.1. The van der Waals surface area contributed by atoms with Crippen molar-refractivity contribution in [3.63, 3.8) is 0 Å². The number of Topliss-reactive ketones (excluding diaryl/α,β-unsaturated/α-hetero) is 1. The van der Waals surface area contributed by atoms with E-state index in [1.54, 1.807) is 0 Å². The zero-order chi connectivity index (χ0) is 13.8. The summed E-state index contributed by atoms with van der Waals surface area (Å²) in [4.78, 5) is 14.9. The normalized spacial score (nSPS) is 12.6. The van der Waals surface area contributed by atoms with Crippen LogP contribution in [0.3, 0.4) is 0 Å². The van der Waals surface area contributed by atoms with Gasteiger partial charge in [0, 0.05) is 11.1 Å². The van der Waals surface area contributed by atoms with E-state index < -0.39 is 0 Å². The van der Waals surface area contributed by atoms with Crippen molar-refractivity contribution in [1.82, 2.24) is 4.90 Å². The lowest BCUT2D eigenvalue weighted by atomic mass is 10.1. The third-order valence-electron chi connectivity index (χ3n) is 3.21. The smallest absolute Gasteiger partial charge is 0.186 e. The van der Waals surface area contributed by atoms with Gasteiger partial charge in [-0.3, -0.25) is 9.69 Å². The molecular formula is C15H16ClNOS. The quantitative estimate of drug-likeness (QED) is 0.767. The van der Waals surface area contributed by atoms with Gasteiger partial charge in [-0.15, -0.1) is 11.3 Å². The third kappa shape index (κ3) is 3.44. The van der Waals surface area contributed by atoms with Gasteiger partial charge in [0.1, 0.15) is 0 Å². The summed E-state index contributed by atoms with van der Waals surface area (Å²) < 4.78 is 0. The molecule has 1 aromatic carbocycles. The van der Waals surface area contributed by atoms with Gasteiger partial charge >= 0.3 is 0 Å².